The Hall–Kier alpha value is -0.410. The fourth-order valence-corrected chi connectivity index (χ4v) is 0.129. The first-order valence-electron chi connectivity index (χ1n) is 2.13. The van der Waals surface area contributed by atoms with Crippen LogP contribution in [0.1, 0.15) is 6.92 Å². The fraction of sp³-hybridized carbons (Fsp3) is 0.750. The first-order valence-corrected chi connectivity index (χ1v) is 2.13. The van der Waals surface area contributed by atoms with Gasteiger partial charge in [-0.05, 0) is 0 Å². The summed E-state index contributed by atoms with van der Waals surface area (Å²) in [6, 6.07) is -0.431. The van der Waals surface area contributed by atoms with E-state index in [1.165, 1.54) is 6.92 Å². The van der Waals surface area contributed by atoms with Crippen molar-refractivity contribution < 1.29 is 15.6 Å². The molecule has 0 aliphatic carbocycles. The lowest BCUT2D eigenvalue weighted by molar-refractivity contribution is -0.408. The second kappa shape index (κ2) is 2.71. The standard InChI is InChI=1S/C4H9NO2/c1-3(7)4(5)2-6/h4,6H,2,5H2,1H3/p+1. The number of rotatable bonds is 2. The summed E-state index contributed by atoms with van der Waals surface area (Å²) in [6.07, 6.45) is 0. The number of ketones is 1. The summed E-state index contributed by atoms with van der Waals surface area (Å²) in [5.74, 6) is -0.0671. The van der Waals surface area contributed by atoms with E-state index in [0.717, 1.165) is 0 Å². The summed E-state index contributed by atoms with van der Waals surface area (Å²) in [5.41, 5.74) is 3.36. The normalized spacial score (nSPS) is 13.6. The fourth-order valence-electron chi connectivity index (χ4n) is 0.129. The quantitative estimate of drug-likeness (QED) is 0.433. The van der Waals surface area contributed by atoms with Crippen molar-refractivity contribution in [2.75, 3.05) is 6.61 Å². The highest BCUT2D eigenvalue weighted by Gasteiger charge is 2.07. The van der Waals surface area contributed by atoms with E-state index in [-0.39, 0.29) is 12.4 Å². The average molecular weight is 104 g/mol. The maximum Gasteiger partial charge on any atom is 0.189 e. The number of hydrogen-bond donors (Lipinski definition) is 2. The Morgan fingerprint density at radius 3 is 2.43 bits per heavy atom. The van der Waals surface area contributed by atoms with Gasteiger partial charge in [0.25, 0.3) is 0 Å². The van der Waals surface area contributed by atoms with Crippen LogP contribution in [0.5, 0.6) is 0 Å². The molecule has 0 saturated heterocycles. The van der Waals surface area contributed by atoms with Crippen molar-refractivity contribution in [1.82, 2.24) is 0 Å². The van der Waals surface area contributed by atoms with Gasteiger partial charge < -0.3 is 10.8 Å². The van der Waals surface area contributed by atoms with E-state index in [2.05, 4.69) is 5.73 Å². The second-order valence-corrected chi connectivity index (χ2v) is 1.49. The molecule has 3 heteroatoms. The summed E-state index contributed by atoms with van der Waals surface area (Å²) >= 11 is 0. The van der Waals surface area contributed by atoms with E-state index in [4.69, 9.17) is 5.11 Å². The molecular weight excluding hydrogens is 94.0 g/mol. The highest BCUT2D eigenvalue weighted by Crippen LogP contribution is 1.71. The first-order chi connectivity index (χ1) is 3.18. The molecule has 0 aromatic carbocycles. The molecule has 1 atom stereocenters. The second-order valence-electron chi connectivity index (χ2n) is 1.49. The third-order valence-electron chi connectivity index (χ3n) is 0.795. The number of hydrogen-bond acceptors (Lipinski definition) is 2. The third-order valence-corrected chi connectivity index (χ3v) is 0.795. The predicted octanol–water partition coefficient (Wildman–Crippen LogP) is -1.82. The van der Waals surface area contributed by atoms with E-state index in [1.807, 2.05) is 0 Å². The van der Waals surface area contributed by atoms with Gasteiger partial charge in [0, 0.05) is 6.92 Å². The molecule has 0 spiro atoms. The van der Waals surface area contributed by atoms with Crippen molar-refractivity contribution in [3.8, 4) is 0 Å². The molecule has 0 aliphatic heterocycles. The summed E-state index contributed by atoms with van der Waals surface area (Å²) in [5, 5.41) is 8.22. The maximum atomic E-state index is 10.2. The van der Waals surface area contributed by atoms with Gasteiger partial charge >= 0.3 is 0 Å². The molecule has 0 fully saturated rings. The molecule has 0 aromatic heterocycles. The Kier molecular flexibility index (Phi) is 2.55. The van der Waals surface area contributed by atoms with Crippen LogP contribution >= 0.6 is 0 Å². The average Bonchev–Trinajstić information content (AvgIpc) is 1.65. The molecule has 0 aliphatic rings. The minimum Gasteiger partial charge on any atom is -0.390 e. The van der Waals surface area contributed by atoms with Gasteiger partial charge in [-0.25, -0.2) is 0 Å². The summed E-state index contributed by atoms with van der Waals surface area (Å²) < 4.78 is 0. The monoisotopic (exact) mass is 104 g/mol. The molecular formula is C4H10NO2+. The molecule has 0 heterocycles. The van der Waals surface area contributed by atoms with E-state index >= 15 is 0 Å². The zero-order valence-electron chi connectivity index (χ0n) is 4.35. The SMILES string of the molecule is CC(=O)C([NH3+])CO. The summed E-state index contributed by atoms with van der Waals surface area (Å²) in [4.78, 5) is 10.2. The number of aliphatic hydroxyl groups is 1. The lowest BCUT2D eigenvalue weighted by Crippen LogP contribution is -2.66. The van der Waals surface area contributed by atoms with Gasteiger partial charge in [0.1, 0.15) is 6.61 Å². The highest BCUT2D eigenvalue weighted by atomic mass is 16.3. The van der Waals surface area contributed by atoms with Gasteiger partial charge in [-0.3, -0.25) is 4.79 Å². The Bertz CT molecular complexity index is 72.1. The lowest BCUT2D eigenvalue weighted by Gasteiger charge is -1.94. The lowest BCUT2D eigenvalue weighted by atomic mass is 10.2. The Labute approximate surface area is 42.1 Å². The maximum absolute atomic E-state index is 10.2. The van der Waals surface area contributed by atoms with Gasteiger partial charge in [-0.1, -0.05) is 0 Å². The molecule has 0 aromatic rings. The Morgan fingerprint density at radius 1 is 2.00 bits per heavy atom. The number of Topliss-reactive ketones (excluding diaryl/α,β-unsaturated/α-hetero) is 1. The number of carbonyl (C=O) groups is 1. The molecule has 0 saturated carbocycles. The molecule has 4 N–H and O–H groups in total. The Morgan fingerprint density at radius 2 is 2.43 bits per heavy atom. The van der Waals surface area contributed by atoms with Crippen LogP contribution in [0.3, 0.4) is 0 Å². The molecule has 0 rings (SSSR count). The van der Waals surface area contributed by atoms with Crippen molar-refractivity contribution in [3.05, 3.63) is 0 Å². The molecule has 42 valence electrons. The molecule has 3 nitrogen and oxygen atoms in total. The third kappa shape index (κ3) is 2.31. The van der Waals surface area contributed by atoms with E-state index in [1.54, 1.807) is 0 Å². The molecule has 0 radical (unpaired) electrons. The van der Waals surface area contributed by atoms with E-state index < -0.39 is 6.04 Å². The van der Waals surface area contributed by atoms with Crippen LogP contribution in [0.15, 0.2) is 0 Å². The number of quaternary nitrogens is 1. The minimum atomic E-state index is -0.431. The summed E-state index contributed by atoms with van der Waals surface area (Å²) in [6.45, 7) is 1.27. The van der Waals surface area contributed by atoms with Crippen molar-refractivity contribution in [1.29, 1.82) is 0 Å². The topological polar surface area (TPSA) is 64.9 Å². The van der Waals surface area contributed by atoms with Crippen molar-refractivity contribution in [2.24, 2.45) is 0 Å². The van der Waals surface area contributed by atoms with Crippen molar-refractivity contribution in [2.45, 2.75) is 13.0 Å². The molecule has 7 heavy (non-hydrogen) atoms. The van der Waals surface area contributed by atoms with Crippen LogP contribution in [0.4, 0.5) is 0 Å². The Balaban J connectivity index is 3.34. The van der Waals surface area contributed by atoms with Crippen LogP contribution in [0.25, 0.3) is 0 Å². The zero-order chi connectivity index (χ0) is 5.86. The predicted molar refractivity (Wildman–Crippen MR) is 24.4 cm³/mol. The minimum absolute atomic E-state index is 0.0671. The van der Waals surface area contributed by atoms with Gasteiger partial charge in [0.15, 0.2) is 11.8 Å². The molecule has 1 unspecified atom stereocenters. The largest absolute Gasteiger partial charge is 0.390 e. The van der Waals surface area contributed by atoms with Gasteiger partial charge in [0.2, 0.25) is 0 Å². The van der Waals surface area contributed by atoms with E-state index in [0.29, 0.717) is 0 Å². The van der Waals surface area contributed by atoms with Gasteiger partial charge in [-0.2, -0.15) is 0 Å². The number of carbonyl (C=O) groups excluding carboxylic acids is 1. The zero-order valence-corrected chi connectivity index (χ0v) is 4.35. The van der Waals surface area contributed by atoms with Crippen LogP contribution in [-0.2, 0) is 4.79 Å². The highest BCUT2D eigenvalue weighted by molar-refractivity contribution is 5.79. The molecule has 0 bridgehead atoms. The van der Waals surface area contributed by atoms with E-state index in [9.17, 15) is 4.79 Å². The molecule has 0 amide bonds. The summed E-state index contributed by atoms with van der Waals surface area (Å²) in [7, 11) is 0. The van der Waals surface area contributed by atoms with Gasteiger partial charge in [0.05, 0.1) is 0 Å². The van der Waals surface area contributed by atoms with Crippen molar-refractivity contribution >= 4 is 5.78 Å². The van der Waals surface area contributed by atoms with Crippen LogP contribution in [0, 0.1) is 0 Å². The van der Waals surface area contributed by atoms with Crippen LogP contribution < -0.4 is 5.73 Å². The van der Waals surface area contributed by atoms with Gasteiger partial charge in [-0.15, -0.1) is 0 Å². The first kappa shape index (κ1) is 6.59. The number of aliphatic hydroxyl groups excluding tert-OH is 1. The van der Waals surface area contributed by atoms with Crippen molar-refractivity contribution in [3.63, 3.8) is 0 Å². The van der Waals surface area contributed by atoms with Crippen LogP contribution in [0.2, 0.25) is 0 Å². The smallest absolute Gasteiger partial charge is 0.189 e. The van der Waals surface area contributed by atoms with Crippen LogP contribution in [-0.4, -0.2) is 23.5 Å².